The number of aliphatic carboxylic acids is 1. The summed E-state index contributed by atoms with van der Waals surface area (Å²) in [6.45, 7) is -0.0862. The van der Waals surface area contributed by atoms with Gasteiger partial charge in [-0.3, -0.25) is 14.4 Å². The Bertz CT molecular complexity index is 1320. The molecule has 204 valence electrons. The van der Waals surface area contributed by atoms with E-state index in [1.54, 1.807) is 48.7 Å². The number of carboxylic acid groups (broad SMARTS) is 1. The van der Waals surface area contributed by atoms with Crippen molar-refractivity contribution >= 4 is 29.3 Å². The van der Waals surface area contributed by atoms with Crippen molar-refractivity contribution < 1.29 is 33.7 Å². The van der Waals surface area contributed by atoms with E-state index in [-0.39, 0.29) is 45.0 Å². The number of pyridine rings is 1. The van der Waals surface area contributed by atoms with Crippen LogP contribution in [-0.4, -0.2) is 84.2 Å². The van der Waals surface area contributed by atoms with Crippen LogP contribution in [0.3, 0.4) is 0 Å². The quantitative estimate of drug-likeness (QED) is 0.470. The van der Waals surface area contributed by atoms with Gasteiger partial charge in [0.1, 0.15) is 37.0 Å². The first-order chi connectivity index (χ1) is 19.0. The number of benzene rings is 2. The SMILES string of the molecule is COc1ccccc1CN(CC(=O)O)C(=O)CN1CCOCCOc2ccccc2Nc2ncccc2C1=O. The van der Waals surface area contributed by atoms with E-state index in [0.29, 0.717) is 28.6 Å². The minimum absolute atomic E-state index is 0.00149. The summed E-state index contributed by atoms with van der Waals surface area (Å²) in [4.78, 5) is 45.7. The second kappa shape index (κ2) is 13.2. The van der Waals surface area contributed by atoms with E-state index < -0.39 is 24.3 Å². The van der Waals surface area contributed by atoms with E-state index in [0.717, 1.165) is 0 Å². The zero-order chi connectivity index (χ0) is 27.6. The normalized spacial score (nSPS) is 13.8. The van der Waals surface area contributed by atoms with E-state index in [4.69, 9.17) is 14.2 Å². The molecule has 0 saturated heterocycles. The summed E-state index contributed by atoms with van der Waals surface area (Å²) in [5.74, 6) is -0.748. The molecule has 11 heteroatoms. The van der Waals surface area contributed by atoms with Crippen LogP contribution in [0.25, 0.3) is 0 Å². The zero-order valence-corrected chi connectivity index (χ0v) is 21.5. The van der Waals surface area contributed by atoms with Crippen molar-refractivity contribution in [2.24, 2.45) is 0 Å². The molecule has 1 aromatic heterocycles. The van der Waals surface area contributed by atoms with Gasteiger partial charge in [0, 0.05) is 24.8 Å². The second-order valence-electron chi connectivity index (χ2n) is 8.66. The van der Waals surface area contributed by atoms with E-state index in [1.807, 2.05) is 18.2 Å². The molecule has 11 nitrogen and oxygen atoms in total. The molecule has 1 aliphatic rings. The highest BCUT2D eigenvalue weighted by Crippen LogP contribution is 2.29. The number of amides is 2. The van der Waals surface area contributed by atoms with E-state index >= 15 is 0 Å². The highest BCUT2D eigenvalue weighted by Gasteiger charge is 2.26. The molecule has 0 saturated carbocycles. The van der Waals surface area contributed by atoms with E-state index in [2.05, 4.69) is 10.3 Å². The fraction of sp³-hybridized carbons (Fsp3) is 0.286. The maximum atomic E-state index is 13.7. The number of methoxy groups -OCH3 is 1. The summed E-state index contributed by atoms with van der Waals surface area (Å²) >= 11 is 0. The van der Waals surface area contributed by atoms with Gasteiger partial charge in [-0.05, 0) is 30.3 Å². The molecule has 0 spiro atoms. The molecule has 0 radical (unpaired) electrons. The lowest BCUT2D eigenvalue weighted by Crippen LogP contribution is -2.45. The first-order valence-corrected chi connectivity index (χ1v) is 12.4. The standard InChI is InChI=1S/C28H30N4O7/c1-37-23-10-4-2-7-20(23)17-32(19-26(34)35)25(33)18-31-13-14-38-15-16-39-24-11-5-3-9-22(24)30-27-21(28(31)36)8-6-12-29-27/h2-12H,13-19H2,1H3,(H,29,30)(H,34,35). The van der Waals surface area contributed by atoms with Crippen molar-refractivity contribution in [2.75, 3.05) is 51.9 Å². The number of carbonyl (C=O) groups is 3. The van der Waals surface area contributed by atoms with Crippen molar-refractivity contribution in [1.82, 2.24) is 14.8 Å². The van der Waals surface area contributed by atoms with Gasteiger partial charge in [-0.15, -0.1) is 0 Å². The monoisotopic (exact) mass is 534 g/mol. The Kier molecular flexibility index (Phi) is 9.30. The molecular formula is C28H30N4O7. The third-order valence-electron chi connectivity index (χ3n) is 6.01. The summed E-state index contributed by atoms with van der Waals surface area (Å²) in [5, 5.41) is 12.7. The molecule has 0 unspecified atom stereocenters. The summed E-state index contributed by atoms with van der Waals surface area (Å²) in [6.07, 6.45) is 1.56. The van der Waals surface area contributed by atoms with Gasteiger partial charge >= 0.3 is 5.97 Å². The number of nitrogens with zero attached hydrogens (tertiary/aromatic N) is 3. The molecular weight excluding hydrogens is 504 g/mol. The van der Waals surface area contributed by atoms with Gasteiger partial charge in [-0.25, -0.2) is 4.98 Å². The van der Waals surface area contributed by atoms with Crippen molar-refractivity contribution in [3.05, 3.63) is 78.0 Å². The number of ether oxygens (including phenoxy) is 3. The molecule has 4 rings (SSSR count). The topological polar surface area (TPSA) is 131 Å². The van der Waals surface area contributed by atoms with Crippen molar-refractivity contribution in [2.45, 2.75) is 6.54 Å². The molecule has 2 N–H and O–H groups in total. The minimum atomic E-state index is -1.17. The second-order valence-corrected chi connectivity index (χ2v) is 8.66. The van der Waals surface area contributed by atoms with E-state index in [9.17, 15) is 19.5 Å². The smallest absolute Gasteiger partial charge is 0.323 e. The van der Waals surface area contributed by atoms with Crippen LogP contribution in [-0.2, 0) is 20.9 Å². The molecule has 2 aromatic carbocycles. The van der Waals surface area contributed by atoms with Gasteiger partial charge in [0.2, 0.25) is 5.91 Å². The summed E-state index contributed by atoms with van der Waals surface area (Å²) < 4.78 is 16.9. The highest BCUT2D eigenvalue weighted by molar-refractivity contribution is 6.01. The Morgan fingerprint density at radius 2 is 1.87 bits per heavy atom. The Morgan fingerprint density at radius 1 is 1.08 bits per heavy atom. The van der Waals surface area contributed by atoms with Gasteiger partial charge < -0.3 is 34.4 Å². The van der Waals surface area contributed by atoms with Crippen LogP contribution in [0, 0.1) is 0 Å². The van der Waals surface area contributed by atoms with Crippen molar-refractivity contribution in [3.63, 3.8) is 0 Å². The van der Waals surface area contributed by atoms with Crippen LogP contribution < -0.4 is 14.8 Å². The molecule has 0 bridgehead atoms. The average molecular weight is 535 g/mol. The molecule has 1 aliphatic heterocycles. The first-order valence-electron chi connectivity index (χ1n) is 12.4. The van der Waals surface area contributed by atoms with Crippen LogP contribution in [0.15, 0.2) is 66.9 Å². The largest absolute Gasteiger partial charge is 0.496 e. The van der Waals surface area contributed by atoms with Crippen molar-refractivity contribution in [3.8, 4) is 11.5 Å². The maximum Gasteiger partial charge on any atom is 0.323 e. The lowest BCUT2D eigenvalue weighted by Gasteiger charge is -2.27. The first kappa shape index (κ1) is 27.4. The van der Waals surface area contributed by atoms with Gasteiger partial charge in [0.25, 0.3) is 5.91 Å². The third kappa shape index (κ3) is 7.23. The Balaban J connectivity index is 1.61. The predicted molar refractivity (Wildman–Crippen MR) is 142 cm³/mol. The predicted octanol–water partition coefficient (Wildman–Crippen LogP) is 2.80. The summed E-state index contributed by atoms with van der Waals surface area (Å²) in [7, 11) is 1.50. The number of nitrogens with one attached hydrogen (secondary N) is 1. The Labute approximate surface area is 225 Å². The maximum absolute atomic E-state index is 13.7. The number of carboxylic acids is 1. The number of fused-ring (bicyclic) bond motifs is 2. The number of anilines is 2. The highest BCUT2D eigenvalue weighted by atomic mass is 16.5. The molecule has 39 heavy (non-hydrogen) atoms. The third-order valence-corrected chi connectivity index (χ3v) is 6.01. The molecule has 3 aromatic rings. The lowest BCUT2D eigenvalue weighted by atomic mass is 10.1. The molecule has 0 fully saturated rings. The van der Waals surface area contributed by atoms with Crippen LogP contribution >= 0.6 is 0 Å². The number of para-hydroxylation sites is 3. The Morgan fingerprint density at radius 3 is 2.69 bits per heavy atom. The van der Waals surface area contributed by atoms with Gasteiger partial charge in [-0.2, -0.15) is 0 Å². The lowest BCUT2D eigenvalue weighted by molar-refractivity contribution is -0.145. The number of rotatable bonds is 7. The molecule has 2 heterocycles. The molecule has 0 aliphatic carbocycles. The van der Waals surface area contributed by atoms with Gasteiger partial charge in [-0.1, -0.05) is 30.3 Å². The van der Waals surface area contributed by atoms with Gasteiger partial charge in [0.15, 0.2) is 0 Å². The fourth-order valence-corrected chi connectivity index (χ4v) is 4.11. The number of carbonyl (C=O) groups excluding carboxylic acids is 2. The average Bonchev–Trinajstić information content (AvgIpc) is 2.95. The number of aromatic nitrogens is 1. The summed E-state index contributed by atoms with van der Waals surface area (Å²) in [5.41, 5.74) is 1.51. The van der Waals surface area contributed by atoms with Crippen LogP contribution in [0.2, 0.25) is 0 Å². The Hall–Kier alpha value is -4.64. The minimum Gasteiger partial charge on any atom is -0.496 e. The van der Waals surface area contributed by atoms with Crippen molar-refractivity contribution in [1.29, 1.82) is 0 Å². The summed E-state index contributed by atoms with van der Waals surface area (Å²) in [6, 6.07) is 17.6. The van der Waals surface area contributed by atoms with Gasteiger partial charge in [0.05, 0.1) is 31.6 Å². The van der Waals surface area contributed by atoms with E-state index in [1.165, 1.54) is 16.9 Å². The molecule has 0 atom stereocenters. The molecule has 2 amide bonds. The van der Waals surface area contributed by atoms with Crippen LogP contribution in [0.5, 0.6) is 11.5 Å². The van der Waals surface area contributed by atoms with Crippen LogP contribution in [0.1, 0.15) is 15.9 Å². The fourth-order valence-electron chi connectivity index (χ4n) is 4.11. The van der Waals surface area contributed by atoms with Crippen LogP contribution in [0.4, 0.5) is 11.5 Å². The number of hydrogen-bond donors (Lipinski definition) is 2. The zero-order valence-electron chi connectivity index (χ0n) is 21.5. The number of hydrogen-bond acceptors (Lipinski definition) is 8.